The molecule has 4 nitrogen and oxygen atoms in total. The van der Waals surface area contributed by atoms with Crippen molar-refractivity contribution in [2.24, 2.45) is 5.92 Å². The molecule has 0 aliphatic carbocycles. The fourth-order valence-electron chi connectivity index (χ4n) is 4.30. The molecule has 27 heavy (non-hydrogen) atoms. The molecule has 0 spiro atoms. The van der Waals surface area contributed by atoms with Crippen LogP contribution in [0, 0.1) is 12.8 Å². The van der Waals surface area contributed by atoms with Gasteiger partial charge in [-0.15, -0.1) is 12.4 Å². The van der Waals surface area contributed by atoms with Gasteiger partial charge in [0.1, 0.15) is 12.0 Å². The summed E-state index contributed by atoms with van der Waals surface area (Å²) in [5.41, 5.74) is 2.31. The third kappa shape index (κ3) is 4.82. The zero-order valence-corrected chi connectivity index (χ0v) is 16.7. The molecule has 4 atom stereocenters. The Morgan fingerprint density at radius 3 is 2.33 bits per heavy atom. The highest BCUT2D eigenvalue weighted by molar-refractivity contribution is 5.85. The lowest BCUT2D eigenvalue weighted by Gasteiger charge is -2.47. The number of nitrogens with one attached hydrogen (secondary N) is 1. The molecule has 0 bridgehead atoms. The van der Waals surface area contributed by atoms with Gasteiger partial charge in [-0.1, -0.05) is 48.9 Å². The Kier molecular flexibility index (Phi) is 7.29. The minimum Gasteiger partial charge on any atom is -0.508 e. The molecule has 1 heterocycles. The molecule has 4 unspecified atom stereocenters. The van der Waals surface area contributed by atoms with Crippen LogP contribution >= 0.6 is 12.4 Å². The minimum atomic E-state index is -0.988. The molecule has 4 N–H and O–H groups in total. The van der Waals surface area contributed by atoms with Gasteiger partial charge in [0, 0.05) is 18.9 Å². The summed E-state index contributed by atoms with van der Waals surface area (Å²) in [6.45, 7) is 4.71. The van der Waals surface area contributed by atoms with E-state index in [0.717, 1.165) is 17.5 Å². The van der Waals surface area contributed by atoms with Crippen molar-refractivity contribution >= 4 is 12.4 Å². The monoisotopic (exact) mass is 391 g/mol. The highest BCUT2D eigenvalue weighted by Crippen LogP contribution is 2.42. The Morgan fingerprint density at radius 1 is 1.11 bits per heavy atom. The maximum absolute atomic E-state index is 11.6. The summed E-state index contributed by atoms with van der Waals surface area (Å²) in [4.78, 5) is 0. The standard InChI is InChI=1S/C22H29NO3.ClH/c1-3-19(17-8-10-18(24)11-9-17)20-21(25)23-13-12-22(20,26)14-16-6-4-15(2)5-7-16;/h4-11,19-21,23-26H,3,12-14H2,1-2H3;1H. The quantitative estimate of drug-likeness (QED) is 0.629. The zero-order valence-electron chi connectivity index (χ0n) is 15.9. The van der Waals surface area contributed by atoms with Gasteiger partial charge in [-0.05, 0) is 48.9 Å². The number of benzene rings is 2. The number of hydrogen-bond donors (Lipinski definition) is 4. The summed E-state index contributed by atoms with van der Waals surface area (Å²) < 4.78 is 0. The number of phenolic OH excluding ortho intramolecular Hbond substituents is 1. The molecule has 0 radical (unpaired) electrons. The van der Waals surface area contributed by atoms with Crippen LogP contribution in [0.15, 0.2) is 48.5 Å². The largest absolute Gasteiger partial charge is 0.508 e. The molecule has 1 aliphatic rings. The van der Waals surface area contributed by atoms with Gasteiger partial charge in [0.25, 0.3) is 0 Å². The van der Waals surface area contributed by atoms with Crippen molar-refractivity contribution in [1.29, 1.82) is 0 Å². The average Bonchev–Trinajstić information content (AvgIpc) is 2.61. The van der Waals surface area contributed by atoms with E-state index < -0.39 is 11.8 Å². The van der Waals surface area contributed by atoms with Crippen molar-refractivity contribution in [3.63, 3.8) is 0 Å². The van der Waals surface area contributed by atoms with Crippen molar-refractivity contribution in [2.75, 3.05) is 6.54 Å². The first-order valence-electron chi connectivity index (χ1n) is 9.41. The lowest BCUT2D eigenvalue weighted by Crippen LogP contribution is -2.59. The van der Waals surface area contributed by atoms with Gasteiger partial charge in [-0.3, -0.25) is 5.32 Å². The smallest absolute Gasteiger partial charge is 0.115 e. The van der Waals surface area contributed by atoms with Crippen molar-refractivity contribution in [2.45, 2.75) is 50.9 Å². The molecule has 3 rings (SSSR count). The van der Waals surface area contributed by atoms with E-state index >= 15 is 0 Å². The Hall–Kier alpha value is -1.59. The van der Waals surface area contributed by atoms with Crippen molar-refractivity contribution in [3.8, 4) is 5.75 Å². The number of aromatic hydroxyl groups is 1. The van der Waals surface area contributed by atoms with Crippen LogP contribution in [0.4, 0.5) is 0 Å². The van der Waals surface area contributed by atoms with Gasteiger partial charge in [-0.2, -0.15) is 0 Å². The maximum atomic E-state index is 11.6. The van der Waals surface area contributed by atoms with Crippen LogP contribution in [0.5, 0.6) is 5.75 Å². The van der Waals surface area contributed by atoms with Crippen LogP contribution < -0.4 is 5.32 Å². The second-order valence-corrected chi connectivity index (χ2v) is 7.55. The third-order valence-corrected chi connectivity index (χ3v) is 5.70. The second-order valence-electron chi connectivity index (χ2n) is 7.55. The summed E-state index contributed by atoms with van der Waals surface area (Å²) in [6.07, 6.45) is 1.14. The molecule has 1 aliphatic heterocycles. The molecule has 0 saturated carbocycles. The lowest BCUT2D eigenvalue weighted by molar-refractivity contribution is -0.120. The zero-order chi connectivity index (χ0) is 18.7. The fraction of sp³-hybridized carbons (Fsp3) is 0.455. The van der Waals surface area contributed by atoms with Crippen LogP contribution in [-0.2, 0) is 6.42 Å². The van der Waals surface area contributed by atoms with E-state index in [4.69, 9.17) is 0 Å². The van der Waals surface area contributed by atoms with Crippen LogP contribution in [0.3, 0.4) is 0 Å². The first kappa shape index (κ1) is 21.7. The van der Waals surface area contributed by atoms with Crippen LogP contribution in [0.25, 0.3) is 0 Å². The van der Waals surface area contributed by atoms with E-state index in [1.54, 1.807) is 12.1 Å². The summed E-state index contributed by atoms with van der Waals surface area (Å²) in [6, 6.07) is 15.3. The number of rotatable bonds is 5. The Balaban J connectivity index is 0.00000261. The second kappa shape index (κ2) is 9.07. The molecular weight excluding hydrogens is 362 g/mol. The van der Waals surface area contributed by atoms with Gasteiger partial charge in [0.15, 0.2) is 0 Å². The van der Waals surface area contributed by atoms with Gasteiger partial charge in [0.05, 0.1) is 5.60 Å². The highest BCUT2D eigenvalue weighted by Gasteiger charge is 2.47. The van der Waals surface area contributed by atoms with Crippen molar-refractivity contribution in [1.82, 2.24) is 5.32 Å². The molecule has 148 valence electrons. The fourth-order valence-corrected chi connectivity index (χ4v) is 4.30. The number of aryl methyl sites for hydroxylation is 1. The summed E-state index contributed by atoms with van der Waals surface area (Å²) in [5, 5.41) is 35.0. The predicted octanol–water partition coefficient (Wildman–Crippen LogP) is 3.52. The Morgan fingerprint density at radius 2 is 1.74 bits per heavy atom. The van der Waals surface area contributed by atoms with E-state index in [9.17, 15) is 15.3 Å². The van der Waals surface area contributed by atoms with Crippen LogP contribution in [0.1, 0.15) is 42.4 Å². The highest BCUT2D eigenvalue weighted by atomic mass is 35.5. The van der Waals surface area contributed by atoms with Crippen LogP contribution in [-0.4, -0.2) is 33.7 Å². The predicted molar refractivity (Wildman–Crippen MR) is 110 cm³/mol. The number of phenols is 1. The maximum Gasteiger partial charge on any atom is 0.115 e. The number of hydrogen-bond acceptors (Lipinski definition) is 4. The molecule has 1 fully saturated rings. The van der Waals surface area contributed by atoms with E-state index in [1.807, 2.05) is 19.1 Å². The summed E-state index contributed by atoms with van der Waals surface area (Å²) in [5.74, 6) is -0.109. The van der Waals surface area contributed by atoms with Gasteiger partial charge >= 0.3 is 0 Å². The average molecular weight is 392 g/mol. The third-order valence-electron chi connectivity index (χ3n) is 5.70. The van der Waals surface area contributed by atoms with Crippen molar-refractivity contribution in [3.05, 3.63) is 65.2 Å². The van der Waals surface area contributed by atoms with Crippen molar-refractivity contribution < 1.29 is 15.3 Å². The topological polar surface area (TPSA) is 72.7 Å². The molecule has 1 saturated heterocycles. The number of aliphatic hydroxyl groups is 2. The van der Waals surface area contributed by atoms with E-state index in [0.29, 0.717) is 19.4 Å². The first-order valence-corrected chi connectivity index (χ1v) is 9.41. The van der Waals surface area contributed by atoms with Gasteiger partial charge in [-0.25, -0.2) is 0 Å². The molecular formula is C22H30ClNO3. The van der Waals surface area contributed by atoms with Gasteiger partial charge in [0.2, 0.25) is 0 Å². The molecule has 5 heteroatoms. The van der Waals surface area contributed by atoms with E-state index in [2.05, 4.69) is 36.5 Å². The molecule has 0 aromatic heterocycles. The summed E-state index contributed by atoms with van der Waals surface area (Å²) in [7, 11) is 0. The SMILES string of the molecule is CCC(c1ccc(O)cc1)C1C(O)NCCC1(O)Cc1ccc(C)cc1.Cl. The van der Waals surface area contributed by atoms with E-state index in [-0.39, 0.29) is 30.0 Å². The number of halogens is 1. The molecule has 2 aromatic carbocycles. The number of aliphatic hydroxyl groups excluding tert-OH is 1. The number of piperidine rings is 1. The Bertz CT molecular complexity index is 719. The molecule has 2 aromatic rings. The normalized spacial score (nSPS) is 26.2. The van der Waals surface area contributed by atoms with Gasteiger partial charge < -0.3 is 15.3 Å². The van der Waals surface area contributed by atoms with Crippen LogP contribution in [0.2, 0.25) is 0 Å². The minimum absolute atomic E-state index is 0. The summed E-state index contributed by atoms with van der Waals surface area (Å²) >= 11 is 0. The lowest BCUT2D eigenvalue weighted by atomic mass is 9.67. The molecule has 0 amide bonds. The van der Waals surface area contributed by atoms with E-state index in [1.165, 1.54) is 5.56 Å². The first-order chi connectivity index (χ1) is 12.4. The Labute approximate surface area is 167 Å².